The summed E-state index contributed by atoms with van der Waals surface area (Å²) in [5.41, 5.74) is 7.18. The van der Waals surface area contributed by atoms with Crippen LogP contribution in [0.15, 0.2) is 6.20 Å². The molecule has 0 saturated heterocycles. The van der Waals surface area contributed by atoms with Crippen molar-refractivity contribution in [2.24, 2.45) is 5.73 Å². The van der Waals surface area contributed by atoms with Gasteiger partial charge in [0.25, 0.3) is 0 Å². The van der Waals surface area contributed by atoms with Gasteiger partial charge in [-0.1, -0.05) is 0 Å². The van der Waals surface area contributed by atoms with Crippen molar-refractivity contribution in [3.8, 4) is 0 Å². The van der Waals surface area contributed by atoms with Gasteiger partial charge in [-0.05, 0) is 20.8 Å². The Hall–Kier alpha value is -1.65. The molecule has 0 amide bonds. The molecule has 88 valence electrons. The molecule has 5 nitrogen and oxygen atoms in total. The average Bonchev–Trinajstić information content (AvgIpc) is 2.19. The first-order valence-electron chi connectivity index (χ1n) is 5.27. The van der Waals surface area contributed by atoms with Crippen molar-refractivity contribution in [3.05, 3.63) is 17.6 Å². The van der Waals surface area contributed by atoms with Crippen molar-refractivity contribution in [1.29, 1.82) is 5.41 Å². The summed E-state index contributed by atoms with van der Waals surface area (Å²) in [6.07, 6.45) is 2.29. The summed E-state index contributed by atoms with van der Waals surface area (Å²) in [4.78, 5) is 10.7. The Morgan fingerprint density at radius 2 is 2.19 bits per heavy atom. The van der Waals surface area contributed by atoms with Crippen molar-refractivity contribution < 1.29 is 0 Å². The third-order valence-corrected chi connectivity index (χ3v) is 2.56. The molecule has 0 saturated carbocycles. The van der Waals surface area contributed by atoms with Gasteiger partial charge >= 0.3 is 0 Å². The second-order valence-corrected chi connectivity index (χ2v) is 4.11. The molecule has 0 radical (unpaired) electrons. The maximum Gasteiger partial charge on any atom is 0.150 e. The van der Waals surface area contributed by atoms with Crippen molar-refractivity contribution in [1.82, 2.24) is 9.97 Å². The second-order valence-electron chi connectivity index (χ2n) is 4.11. The van der Waals surface area contributed by atoms with Crippen LogP contribution in [-0.4, -0.2) is 28.9 Å². The topological polar surface area (TPSA) is 78.9 Å². The van der Waals surface area contributed by atoms with Gasteiger partial charge in [0, 0.05) is 25.7 Å². The van der Waals surface area contributed by atoms with Gasteiger partial charge in [0.05, 0.1) is 17.2 Å². The fourth-order valence-electron chi connectivity index (χ4n) is 1.52. The molecule has 0 spiro atoms. The van der Waals surface area contributed by atoms with E-state index in [2.05, 4.69) is 9.97 Å². The van der Waals surface area contributed by atoms with Gasteiger partial charge in [-0.3, -0.25) is 10.4 Å². The number of anilines is 1. The molecule has 1 aromatic heterocycles. The SMILES string of the molecule is Cc1cnc(C)c(N(C)C(C)CC(=N)N)n1. The Morgan fingerprint density at radius 3 is 2.75 bits per heavy atom. The van der Waals surface area contributed by atoms with E-state index in [0.717, 1.165) is 17.2 Å². The maximum atomic E-state index is 7.29. The third-order valence-electron chi connectivity index (χ3n) is 2.56. The molecule has 1 atom stereocenters. The predicted molar refractivity (Wildman–Crippen MR) is 65.9 cm³/mol. The second kappa shape index (κ2) is 4.92. The summed E-state index contributed by atoms with van der Waals surface area (Å²) in [6, 6.07) is 0.146. The first-order valence-corrected chi connectivity index (χ1v) is 5.27. The number of rotatable bonds is 4. The normalized spacial score (nSPS) is 12.2. The minimum Gasteiger partial charge on any atom is -0.388 e. The molecule has 0 fully saturated rings. The lowest BCUT2D eigenvalue weighted by Crippen LogP contribution is -2.34. The van der Waals surface area contributed by atoms with E-state index in [1.54, 1.807) is 6.20 Å². The fraction of sp³-hybridized carbons (Fsp3) is 0.545. The Morgan fingerprint density at radius 1 is 1.56 bits per heavy atom. The first-order chi connectivity index (χ1) is 7.41. The summed E-state index contributed by atoms with van der Waals surface area (Å²) in [5.74, 6) is 1.05. The summed E-state index contributed by atoms with van der Waals surface area (Å²) < 4.78 is 0. The molecule has 0 aliphatic rings. The number of nitrogens with two attached hydrogens (primary N) is 1. The lowest BCUT2D eigenvalue weighted by Gasteiger charge is -2.26. The van der Waals surface area contributed by atoms with Crippen LogP contribution in [0, 0.1) is 19.3 Å². The Labute approximate surface area is 96.2 Å². The standard InChI is InChI=1S/C11H19N5/c1-7-6-14-9(3)11(15-7)16(4)8(2)5-10(12)13/h6,8H,5H2,1-4H3,(H3,12,13). The molecule has 3 N–H and O–H groups in total. The molecular formula is C11H19N5. The summed E-state index contributed by atoms with van der Waals surface area (Å²) in [5, 5.41) is 7.29. The van der Waals surface area contributed by atoms with Crippen molar-refractivity contribution in [2.45, 2.75) is 33.2 Å². The molecule has 1 aromatic rings. The van der Waals surface area contributed by atoms with E-state index in [4.69, 9.17) is 11.1 Å². The van der Waals surface area contributed by atoms with Crippen LogP contribution >= 0.6 is 0 Å². The van der Waals surface area contributed by atoms with Gasteiger partial charge in [0.2, 0.25) is 0 Å². The lowest BCUT2D eigenvalue weighted by molar-refractivity contribution is 0.693. The van der Waals surface area contributed by atoms with Crippen LogP contribution in [0.4, 0.5) is 5.82 Å². The maximum absolute atomic E-state index is 7.29. The summed E-state index contributed by atoms with van der Waals surface area (Å²) in [7, 11) is 1.95. The molecule has 5 heteroatoms. The monoisotopic (exact) mass is 221 g/mol. The molecule has 0 aromatic carbocycles. The fourth-order valence-corrected chi connectivity index (χ4v) is 1.52. The zero-order valence-electron chi connectivity index (χ0n) is 10.3. The predicted octanol–water partition coefficient (Wildman–Crippen LogP) is 1.24. The van der Waals surface area contributed by atoms with Crippen LogP contribution in [0.3, 0.4) is 0 Å². The largest absolute Gasteiger partial charge is 0.388 e. The molecule has 16 heavy (non-hydrogen) atoms. The van der Waals surface area contributed by atoms with Crippen LogP contribution in [0.25, 0.3) is 0 Å². The van der Waals surface area contributed by atoms with Crippen molar-refractivity contribution >= 4 is 11.7 Å². The molecular weight excluding hydrogens is 202 g/mol. The van der Waals surface area contributed by atoms with Crippen LogP contribution in [0.1, 0.15) is 24.7 Å². The number of hydrogen-bond donors (Lipinski definition) is 2. The summed E-state index contributed by atoms with van der Waals surface area (Å²) >= 11 is 0. The van der Waals surface area contributed by atoms with Gasteiger partial charge in [0.1, 0.15) is 5.82 Å². The van der Waals surface area contributed by atoms with Gasteiger partial charge in [-0.25, -0.2) is 4.98 Å². The molecule has 0 aliphatic heterocycles. The molecule has 1 unspecified atom stereocenters. The number of nitrogens with zero attached hydrogens (tertiary/aromatic N) is 3. The van der Waals surface area contributed by atoms with E-state index in [-0.39, 0.29) is 11.9 Å². The Balaban J connectivity index is 2.90. The van der Waals surface area contributed by atoms with Gasteiger partial charge in [-0.15, -0.1) is 0 Å². The van der Waals surface area contributed by atoms with Crippen LogP contribution in [0.5, 0.6) is 0 Å². The van der Waals surface area contributed by atoms with Crippen LogP contribution < -0.4 is 10.6 Å². The quantitative estimate of drug-likeness (QED) is 0.592. The van der Waals surface area contributed by atoms with Crippen LogP contribution in [-0.2, 0) is 0 Å². The highest BCUT2D eigenvalue weighted by Crippen LogP contribution is 2.17. The lowest BCUT2D eigenvalue weighted by atomic mass is 10.2. The Kier molecular flexibility index (Phi) is 3.82. The molecule has 1 heterocycles. The number of nitrogens with one attached hydrogen (secondary N) is 1. The van der Waals surface area contributed by atoms with E-state index >= 15 is 0 Å². The van der Waals surface area contributed by atoms with Gasteiger partial charge in [-0.2, -0.15) is 0 Å². The minimum atomic E-state index is 0.146. The number of hydrogen-bond acceptors (Lipinski definition) is 4. The third kappa shape index (κ3) is 2.92. The smallest absolute Gasteiger partial charge is 0.150 e. The highest BCUT2D eigenvalue weighted by atomic mass is 15.2. The average molecular weight is 221 g/mol. The summed E-state index contributed by atoms with van der Waals surface area (Å²) in [6.45, 7) is 5.86. The molecule has 0 bridgehead atoms. The van der Waals surface area contributed by atoms with Crippen molar-refractivity contribution in [3.63, 3.8) is 0 Å². The van der Waals surface area contributed by atoms with E-state index in [1.807, 2.05) is 32.7 Å². The zero-order valence-corrected chi connectivity index (χ0v) is 10.3. The molecule has 1 rings (SSSR count). The first kappa shape index (κ1) is 12.4. The van der Waals surface area contributed by atoms with E-state index < -0.39 is 0 Å². The number of amidine groups is 1. The molecule has 0 aliphatic carbocycles. The number of aromatic nitrogens is 2. The Bertz CT molecular complexity index is 388. The highest BCUT2D eigenvalue weighted by Gasteiger charge is 2.15. The van der Waals surface area contributed by atoms with E-state index in [0.29, 0.717) is 6.42 Å². The van der Waals surface area contributed by atoms with Gasteiger partial charge in [0.15, 0.2) is 0 Å². The van der Waals surface area contributed by atoms with Gasteiger partial charge < -0.3 is 10.6 Å². The van der Waals surface area contributed by atoms with E-state index in [9.17, 15) is 0 Å². The minimum absolute atomic E-state index is 0.146. The van der Waals surface area contributed by atoms with Crippen molar-refractivity contribution in [2.75, 3.05) is 11.9 Å². The van der Waals surface area contributed by atoms with Crippen LogP contribution in [0.2, 0.25) is 0 Å². The number of aryl methyl sites for hydroxylation is 2. The zero-order chi connectivity index (χ0) is 12.3. The van der Waals surface area contributed by atoms with E-state index in [1.165, 1.54) is 0 Å². The highest BCUT2D eigenvalue weighted by molar-refractivity contribution is 5.77.